The first kappa shape index (κ1) is 24.5. The highest BCUT2D eigenvalue weighted by Gasteiger charge is 2.36. The number of nitrogens with one attached hydrogen (secondary N) is 2. The van der Waals surface area contributed by atoms with E-state index < -0.39 is 11.2 Å². The standard InChI is InChI=1S/C23H37N7O4/c1-27-20-21(30(33)28(2)23(27)32)29(16-24-20)15-9-14-19(31)34-22(25-17-10-5-3-6-11-17)26-18-12-7-4-8-13-18/h16-18,30H,3-15H2,1-2H3,(H,25,26). The van der Waals surface area contributed by atoms with Crippen LogP contribution in [-0.2, 0) is 16.1 Å². The van der Waals surface area contributed by atoms with Gasteiger partial charge in [-0.15, -0.1) is 0 Å². The van der Waals surface area contributed by atoms with Crippen molar-refractivity contribution in [2.45, 2.75) is 95.7 Å². The molecular weight excluding hydrogens is 438 g/mol. The van der Waals surface area contributed by atoms with E-state index in [1.165, 1.54) is 56.8 Å². The number of nitrogens with zero attached hydrogens (tertiary/aromatic N) is 5. The molecule has 2 fully saturated rings. The summed E-state index contributed by atoms with van der Waals surface area (Å²) in [4.78, 5) is 35.1. The van der Waals surface area contributed by atoms with Gasteiger partial charge in [-0.25, -0.2) is 19.9 Å². The summed E-state index contributed by atoms with van der Waals surface area (Å²) in [6, 6.07) is 0.485. The van der Waals surface area contributed by atoms with Crippen LogP contribution in [0.25, 0.3) is 0 Å². The first-order valence-corrected chi connectivity index (χ1v) is 12.6. The molecule has 4 rings (SSSR count). The summed E-state index contributed by atoms with van der Waals surface area (Å²) < 4.78 is 7.40. The molecule has 1 aliphatic heterocycles. The predicted molar refractivity (Wildman–Crippen MR) is 127 cm³/mol. The van der Waals surface area contributed by atoms with Gasteiger partial charge in [-0.3, -0.25) is 14.3 Å². The van der Waals surface area contributed by atoms with Gasteiger partial charge < -0.3 is 15.3 Å². The number of aromatic nitrogens is 2. The van der Waals surface area contributed by atoms with Gasteiger partial charge in [0.15, 0.2) is 0 Å². The van der Waals surface area contributed by atoms with Gasteiger partial charge in [0, 0.05) is 26.1 Å². The number of fused-ring (bicyclic) bond motifs is 1. The molecule has 0 bridgehead atoms. The van der Waals surface area contributed by atoms with E-state index in [1.54, 1.807) is 11.6 Å². The SMILES string of the molecule is CN1C(=O)N(C)[NH+]([O-])c2c1ncn2CCCC(=O)OC(=NC1CCCCC1)NC1CCCCC1. The van der Waals surface area contributed by atoms with Gasteiger partial charge in [-0.2, -0.15) is 5.01 Å². The van der Waals surface area contributed by atoms with E-state index in [4.69, 9.17) is 9.73 Å². The number of hydrogen-bond acceptors (Lipinski definition) is 6. The smallest absolute Gasteiger partial charge is 0.370 e. The lowest BCUT2D eigenvalue weighted by Gasteiger charge is -2.37. The van der Waals surface area contributed by atoms with Crippen LogP contribution in [0.2, 0.25) is 0 Å². The fourth-order valence-corrected chi connectivity index (χ4v) is 5.01. The Balaban J connectivity index is 1.34. The van der Waals surface area contributed by atoms with Gasteiger partial charge in [0.05, 0.1) is 13.1 Å². The topological polar surface area (TPSA) is 120 Å². The number of carbonyl (C=O) groups is 2. The molecular formula is C23H37N7O4. The first-order valence-electron chi connectivity index (χ1n) is 12.6. The maximum absolute atomic E-state index is 12.7. The Hall–Kier alpha value is -2.66. The van der Waals surface area contributed by atoms with Crippen molar-refractivity contribution < 1.29 is 19.5 Å². The molecule has 1 unspecified atom stereocenters. The second-order valence-electron chi connectivity index (χ2n) is 9.60. The maximum Gasteiger partial charge on any atom is 0.370 e. The van der Waals surface area contributed by atoms with E-state index >= 15 is 0 Å². The van der Waals surface area contributed by atoms with Crippen molar-refractivity contribution in [1.82, 2.24) is 19.9 Å². The van der Waals surface area contributed by atoms with E-state index in [1.807, 2.05) is 0 Å². The van der Waals surface area contributed by atoms with Crippen molar-refractivity contribution in [2.75, 3.05) is 19.0 Å². The monoisotopic (exact) mass is 475 g/mol. The lowest BCUT2D eigenvalue weighted by atomic mass is 9.95. The summed E-state index contributed by atoms with van der Waals surface area (Å²) >= 11 is 0. The van der Waals surface area contributed by atoms with Crippen molar-refractivity contribution in [1.29, 1.82) is 0 Å². The molecule has 2 heterocycles. The van der Waals surface area contributed by atoms with Crippen LogP contribution in [0.15, 0.2) is 11.3 Å². The number of rotatable bonds is 6. The molecule has 11 heteroatoms. The second-order valence-corrected chi connectivity index (χ2v) is 9.60. The van der Waals surface area contributed by atoms with E-state index in [2.05, 4.69) is 10.3 Å². The number of esters is 1. The molecule has 2 N–H and O–H groups in total. The highest BCUT2D eigenvalue weighted by atomic mass is 16.6. The Labute approximate surface area is 200 Å². The minimum Gasteiger partial charge on any atom is -0.601 e. The summed E-state index contributed by atoms with van der Waals surface area (Å²) in [7, 11) is 3.04. The Morgan fingerprint density at radius 2 is 1.85 bits per heavy atom. The van der Waals surface area contributed by atoms with E-state index in [9.17, 15) is 14.8 Å². The fraction of sp³-hybridized carbons (Fsp3) is 0.739. The summed E-state index contributed by atoms with van der Waals surface area (Å²) in [5, 5.41) is 16.7. The van der Waals surface area contributed by atoms with Gasteiger partial charge in [0.1, 0.15) is 6.33 Å². The van der Waals surface area contributed by atoms with Crippen molar-refractivity contribution in [3.05, 3.63) is 11.5 Å². The Morgan fingerprint density at radius 1 is 1.18 bits per heavy atom. The summed E-state index contributed by atoms with van der Waals surface area (Å²) in [5.74, 6) is 0.369. The molecule has 1 atom stereocenters. The van der Waals surface area contributed by atoms with E-state index in [0.717, 1.165) is 30.7 Å². The van der Waals surface area contributed by atoms with Gasteiger partial charge in [-0.05, 0) is 32.1 Å². The van der Waals surface area contributed by atoms with Gasteiger partial charge in [-0.1, -0.05) is 38.5 Å². The second kappa shape index (κ2) is 11.2. The molecule has 2 amide bonds. The van der Waals surface area contributed by atoms with Crippen LogP contribution in [0.1, 0.15) is 77.0 Å². The van der Waals surface area contributed by atoms with E-state index in [-0.39, 0.29) is 18.4 Å². The van der Waals surface area contributed by atoms with Crippen LogP contribution in [0.3, 0.4) is 0 Å². The van der Waals surface area contributed by atoms with Crippen LogP contribution in [0.4, 0.5) is 16.4 Å². The van der Waals surface area contributed by atoms with Crippen LogP contribution in [0, 0.1) is 5.21 Å². The fourth-order valence-electron chi connectivity index (χ4n) is 5.01. The van der Waals surface area contributed by atoms with Crippen molar-refractivity contribution in [3.8, 4) is 0 Å². The van der Waals surface area contributed by atoms with Crippen LogP contribution in [-0.4, -0.2) is 58.8 Å². The zero-order valence-corrected chi connectivity index (χ0v) is 20.3. The van der Waals surface area contributed by atoms with Gasteiger partial charge in [0.2, 0.25) is 5.82 Å². The van der Waals surface area contributed by atoms with Crippen LogP contribution < -0.4 is 15.4 Å². The van der Waals surface area contributed by atoms with Gasteiger partial charge in [0.25, 0.3) is 11.8 Å². The molecule has 11 nitrogen and oxygen atoms in total. The Kier molecular flexibility index (Phi) is 8.04. The van der Waals surface area contributed by atoms with Crippen molar-refractivity contribution in [3.63, 3.8) is 0 Å². The highest BCUT2D eigenvalue weighted by Crippen LogP contribution is 2.24. The number of imidazole rings is 1. The number of hydrogen-bond donors (Lipinski definition) is 2. The molecule has 3 aliphatic rings. The number of aliphatic imine (C=N–C) groups is 1. The lowest BCUT2D eigenvalue weighted by Crippen LogP contribution is -3.11. The molecule has 2 saturated carbocycles. The minimum absolute atomic E-state index is 0.196. The summed E-state index contributed by atoms with van der Waals surface area (Å²) in [6.45, 7) is 0.421. The average molecular weight is 476 g/mol. The van der Waals surface area contributed by atoms with Gasteiger partial charge >= 0.3 is 12.0 Å². The number of amides is 2. The summed E-state index contributed by atoms with van der Waals surface area (Å²) in [6.07, 6.45) is 13.7. The third kappa shape index (κ3) is 5.69. The molecule has 0 radical (unpaired) electrons. The van der Waals surface area contributed by atoms with Crippen molar-refractivity contribution >= 4 is 29.7 Å². The normalized spacial score (nSPS) is 22.6. The van der Waals surface area contributed by atoms with Crippen molar-refractivity contribution in [2.24, 2.45) is 4.99 Å². The molecule has 188 valence electrons. The van der Waals surface area contributed by atoms with Crippen LogP contribution >= 0.6 is 0 Å². The molecule has 1 aromatic rings. The quantitative estimate of drug-likeness (QED) is 0.282. The minimum atomic E-state index is -0.415. The number of quaternary nitrogens is 1. The van der Waals surface area contributed by atoms with Crippen LogP contribution in [0.5, 0.6) is 0 Å². The molecule has 34 heavy (non-hydrogen) atoms. The third-order valence-corrected chi connectivity index (χ3v) is 7.01. The molecule has 0 spiro atoms. The zero-order chi connectivity index (χ0) is 24.1. The molecule has 2 aliphatic carbocycles. The largest absolute Gasteiger partial charge is 0.601 e. The molecule has 0 aromatic carbocycles. The molecule has 0 saturated heterocycles. The molecule has 1 aromatic heterocycles. The number of amidine groups is 1. The zero-order valence-electron chi connectivity index (χ0n) is 20.3. The number of carbonyl (C=O) groups excluding carboxylic acids is 2. The number of urea groups is 1. The Morgan fingerprint density at radius 3 is 2.56 bits per heavy atom. The predicted octanol–water partition coefficient (Wildman–Crippen LogP) is 2.25. The Bertz CT molecular complexity index is 890. The summed E-state index contributed by atoms with van der Waals surface area (Å²) in [5.41, 5.74) is 0. The highest BCUT2D eigenvalue weighted by molar-refractivity contribution is 5.93. The third-order valence-electron chi connectivity index (χ3n) is 7.01. The number of anilines is 1. The number of aryl methyl sites for hydroxylation is 1. The number of ether oxygens (including phenoxy) is 1. The average Bonchev–Trinajstić information content (AvgIpc) is 3.27. The maximum atomic E-state index is 12.7. The van der Waals surface area contributed by atoms with E-state index in [0.29, 0.717) is 36.7 Å². The first-order chi connectivity index (χ1) is 16.4. The lowest BCUT2D eigenvalue weighted by molar-refractivity contribution is -0.896.